The Labute approximate surface area is 145 Å². The van der Waals surface area contributed by atoms with Crippen LogP contribution < -0.4 is 10.5 Å². The maximum atomic E-state index is 12.5. The number of likely N-dealkylation sites (N-methyl/N-ethyl adjacent to an activating group) is 1. The van der Waals surface area contributed by atoms with Gasteiger partial charge < -0.3 is 19.9 Å². The van der Waals surface area contributed by atoms with E-state index in [1.807, 2.05) is 0 Å². The topological polar surface area (TPSA) is 122 Å². The van der Waals surface area contributed by atoms with E-state index in [-0.39, 0.29) is 17.0 Å². The lowest BCUT2D eigenvalue weighted by Crippen LogP contribution is -2.53. The number of ether oxygens (including phenoxy) is 1. The van der Waals surface area contributed by atoms with Gasteiger partial charge in [-0.15, -0.1) is 0 Å². The Hall–Kier alpha value is -2.33. The molecule has 0 aromatic heterocycles. The highest BCUT2D eigenvalue weighted by atomic mass is 32.2. The lowest BCUT2D eigenvalue weighted by molar-refractivity contribution is 0.00497. The fourth-order valence-electron chi connectivity index (χ4n) is 3.21. The van der Waals surface area contributed by atoms with Crippen molar-refractivity contribution in [2.24, 2.45) is 5.14 Å². The van der Waals surface area contributed by atoms with Crippen molar-refractivity contribution in [2.75, 3.05) is 32.0 Å². The molecule has 3 N–H and O–H groups in total. The molecule has 0 unspecified atom stereocenters. The van der Waals surface area contributed by atoms with Gasteiger partial charge in [-0.25, -0.2) is 23.1 Å². The van der Waals surface area contributed by atoms with Crippen LogP contribution in [0.3, 0.4) is 0 Å². The summed E-state index contributed by atoms with van der Waals surface area (Å²) in [6.07, 6.45) is 1.08. The van der Waals surface area contributed by atoms with Crippen LogP contribution in [-0.2, 0) is 14.8 Å². The molecule has 1 aromatic rings. The monoisotopic (exact) mass is 368 g/mol. The van der Waals surface area contributed by atoms with E-state index in [0.29, 0.717) is 25.3 Å². The smallest absolute Gasteiger partial charge is 0.410 e. The molecule has 2 aliphatic rings. The largest absolute Gasteiger partial charge is 0.439 e. The van der Waals surface area contributed by atoms with Gasteiger partial charge in [-0.2, -0.15) is 0 Å². The summed E-state index contributed by atoms with van der Waals surface area (Å²) < 4.78 is 28.0. The SMILES string of the molecule is CN1C[C@]2(CCCN(C(=O)Nc3ccc(S(N)(=O)=O)cc3)C2)OC1=O. The minimum Gasteiger partial charge on any atom is -0.439 e. The standard InChI is InChI=1S/C15H20N4O5S/c1-18-9-15(24-14(18)21)7-2-8-19(10-15)13(20)17-11-3-5-12(6-4-11)25(16,22)23/h3-6H,2,7-10H2,1H3,(H,17,20)(H2,16,22,23)/t15-/m0/s1. The van der Waals surface area contributed by atoms with E-state index in [1.165, 1.54) is 29.2 Å². The molecule has 9 nitrogen and oxygen atoms in total. The third-order valence-corrected chi connectivity index (χ3v) is 5.33. The minimum atomic E-state index is -3.77. The Morgan fingerprint density at radius 3 is 2.52 bits per heavy atom. The first-order chi connectivity index (χ1) is 11.7. The number of carbonyl (C=O) groups is 2. The number of hydrogen-bond acceptors (Lipinski definition) is 5. The molecular weight excluding hydrogens is 348 g/mol. The highest BCUT2D eigenvalue weighted by Gasteiger charge is 2.47. The van der Waals surface area contributed by atoms with Crippen molar-refractivity contribution in [1.29, 1.82) is 0 Å². The zero-order valence-electron chi connectivity index (χ0n) is 13.8. The van der Waals surface area contributed by atoms with Gasteiger partial charge in [-0.05, 0) is 37.1 Å². The molecule has 1 aromatic carbocycles. The van der Waals surface area contributed by atoms with Crippen LogP contribution in [0.4, 0.5) is 15.3 Å². The van der Waals surface area contributed by atoms with Gasteiger partial charge in [0.15, 0.2) is 0 Å². The second-order valence-corrected chi connectivity index (χ2v) is 7.99. The van der Waals surface area contributed by atoms with Crippen LogP contribution in [0.25, 0.3) is 0 Å². The number of piperidine rings is 1. The Balaban J connectivity index is 1.66. The van der Waals surface area contributed by atoms with Crippen LogP contribution in [0.1, 0.15) is 12.8 Å². The zero-order valence-corrected chi connectivity index (χ0v) is 14.6. The maximum Gasteiger partial charge on any atom is 0.410 e. The average molecular weight is 368 g/mol. The van der Waals surface area contributed by atoms with E-state index in [1.54, 1.807) is 11.9 Å². The van der Waals surface area contributed by atoms with E-state index < -0.39 is 15.6 Å². The molecule has 136 valence electrons. The lowest BCUT2D eigenvalue weighted by Gasteiger charge is -2.38. The molecule has 25 heavy (non-hydrogen) atoms. The highest BCUT2D eigenvalue weighted by Crippen LogP contribution is 2.31. The molecule has 1 atom stereocenters. The van der Waals surface area contributed by atoms with Crippen molar-refractivity contribution in [1.82, 2.24) is 9.80 Å². The van der Waals surface area contributed by atoms with Gasteiger partial charge in [0.05, 0.1) is 18.0 Å². The number of hydrogen-bond donors (Lipinski definition) is 2. The number of urea groups is 1. The number of amides is 3. The third kappa shape index (κ3) is 3.69. The summed E-state index contributed by atoms with van der Waals surface area (Å²) in [6, 6.07) is 5.28. The Morgan fingerprint density at radius 1 is 1.28 bits per heavy atom. The van der Waals surface area contributed by atoms with Gasteiger partial charge >= 0.3 is 12.1 Å². The van der Waals surface area contributed by atoms with Crippen molar-refractivity contribution in [2.45, 2.75) is 23.3 Å². The highest BCUT2D eigenvalue weighted by molar-refractivity contribution is 7.89. The van der Waals surface area contributed by atoms with Crippen molar-refractivity contribution >= 4 is 27.8 Å². The van der Waals surface area contributed by atoms with Gasteiger partial charge in [-0.1, -0.05) is 0 Å². The first kappa shape index (κ1) is 17.5. The lowest BCUT2D eigenvalue weighted by atomic mass is 9.93. The van der Waals surface area contributed by atoms with E-state index in [9.17, 15) is 18.0 Å². The van der Waals surface area contributed by atoms with Crippen molar-refractivity contribution in [3.63, 3.8) is 0 Å². The van der Waals surface area contributed by atoms with Crippen LogP contribution in [-0.4, -0.2) is 62.6 Å². The van der Waals surface area contributed by atoms with E-state index >= 15 is 0 Å². The van der Waals surface area contributed by atoms with Crippen LogP contribution >= 0.6 is 0 Å². The molecule has 1 spiro atoms. The predicted molar refractivity (Wildman–Crippen MR) is 89.5 cm³/mol. The summed E-state index contributed by atoms with van der Waals surface area (Å²) in [5.41, 5.74) is -0.198. The Bertz CT molecular complexity index is 795. The normalized spacial score (nSPS) is 23.7. The molecule has 10 heteroatoms. The summed E-state index contributed by atoms with van der Waals surface area (Å²) in [5.74, 6) is 0. The molecule has 3 amide bonds. The summed E-state index contributed by atoms with van der Waals surface area (Å²) in [7, 11) is -2.10. The summed E-state index contributed by atoms with van der Waals surface area (Å²) in [6.45, 7) is 1.34. The van der Waals surface area contributed by atoms with Crippen molar-refractivity contribution < 1.29 is 22.7 Å². The second-order valence-electron chi connectivity index (χ2n) is 6.43. The van der Waals surface area contributed by atoms with Gasteiger partial charge in [0.25, 0.3) is 0 Å². The molecule has 2 fully saturated rings. The molecule has 0 bridgehead atoms. The maximum absolute atomic E-state index is 12.5. The summed E-state index contributed by atoms with van der Waals surface area (Å²) in [4.78, 5) is 27.2. The average Bonchev–Trinajstić information content (AvgIpc) is 2.80. The van der Waals surface area contributed by atoms with Gasteiger partial charge in [-0.3, -0.25) is 0 Å². The predicted octanol–water partition coefficient (Wildman–Crippen LogP) is 0.783. The van der Waals surface area contributed by atoms with E-state index in [0.717, 1.165) is 12.8 Å². The molecule has 2 aliphatic heterocycles. The van der Waals surface area contributed by atoms with Crippen LogP contribution in [0, 0.1) is 0 Å². The molecule has 0 radical (unpaired) electrons. The molecule has 2 heterocycles. The van der Waals surface area contributed by atoms with Crippen molar-refractivity contribution in [3.8, 4) is 0 Å². The number of nitrogens with zero attached hydrogens (tertiary/aromatic N) is 2. The number of primary sulfonamides is 1. The summed E-state index contributed by atoms with van der Waals surface area (Å²) in [5, 5.41) is 7.76. The zero-order chi connectivity index (χ0) is 18.2. The molecule has 0 saturated carbocycles. The van der Waals surface area contributed by atoms with Crippen LogP contribution in [0.2, 0.25) is 0 Å². The third-order valence-electron chi connectivity index (χ3n) is 4.40. The Kier molecular flexibility index (Phi) is 4.33. The van der Waals surface area contributed by atoms with Crippen molar-refractivity contribution in [3.05, 3.63) is 24.3 Å². The number of nitrogens with one attached hydrogen (secondary N) is 1. The molecule has 3 rings (SSSR count). The van der Waals surface area contributed by atoms with Gasteiger partial charge in [0.1, 0.15) is 5.60 Å². The first-order valence-electron chi connectivity index (χ1n) is 7.81. The number of anilines is 1. The molecule has 0 aliphatic carbocycles. The number of benzene rings is 1. The Morgan fingerprint density at radius 2 is 1.96 bits per heavy atom. The quantitative estimate of drug-likeness (QED) is 0.799. The first-order valence-corrected chi connectivity index (χ1v) is 9.36. The van der Waals surface area contributed by atoms with Crippen LogP contribution in [0.15, 0.2) is 29.2 Å². The van der Waals surface area contributed by atoms with E-state index in [2.05, 4.69) is 5.32 Å². The van der Waals surface area contributed by atoms with Gasteiger partial charge in [0.2, 0.25) is 10.0 Å². The second kappa shape index (κ2) is 6.19. The molecule has 2 saturated heterocycles. The number of likely N-dealkylation sites (tertiary alicyclic amines) is 1. The summed E-state index contributed by atoms with van der Waals surface area (Å²) >= 11 is 0. The number of rotatable bonds is 2. The number of nitrogens with two attached hydrogens (primary N) is 1. The number of carbonyl (C=O) groups excluding carboxylic acids is 2. The minimum absolute atomic E-state index is 0.0247. The van der Waals surface area contributed by atoms with E-state index in [4.69, 9.17) is 9.88 Å². The van der Waals surface area contributed by atoms with Crippen LogP contribution in [0.5, 0.6) is 0 Å². The van der Waals surface area contributed by atoms with Gasteiger partial charge in [0, 0.05) is 19.3 Å². The number of sulfonamides is 1. The fourth-order valence-corrected chi connectivity index (χ4v) is 3.72. The fraction of sp³-hybridized carbons (Fsp3) is 0.467. The molecular formula is C15H20N4O5S.